The van der Waals surface area contributed by atoms with E-state index < -0.39 is 35.4 Å². The molecule has 0 saturated carbocycles. The molecule has 0 fully saturated rings. The summed E-state index contributed by atoms with van der Waals surface area (Å²) in [6.07, 6.45) is -5.14. The molecule has 3 rings (SSSR count). The summed E-state index contributed by atoms with van der Waals surface area (Å²) in [6, 6.07) is 6.33. The number of thioether (sulfide) groups is 1. The maximum Gasteiger partial charge on any atom is 0.438 e. The van der Waals surface area contributed by atoms with Crippen molar-refractivity contribution < 1.29 is 32.6 Å². The number of hydrazone groups is 1. The summed E-state index contributed by atoms with van der Waals surface area (Å²) in [5.74, 6) is -1.79. The molecule has 7 nitrogen and oxygen atoms in total. The minimum Gasteiger partial charge on any atom is -0.466 e. The van der Waals surface area contributed by atoms with Crippen LogP contribution < -0.4 is 0 Å². The molecule has 1 amide bonds. The lowest BCUT2D eigenvalue weighted by Gasteiger charge is -2.33. The van der Waals surface area contributed by atoms with Crippen molar-refractivity contribution in [1.82, 2.24) is 5.01 Å². The van der Waals surface area contributed by atoms with Gasteiger partial charge in [-0.2, -0.15) is 28.3 Å². The Labute approximate surface area is 169 Å². The van der Waals surface area contributed by atoms with Crippen LogP contribution in [-0.4, -0.2) is 51.9 Å². The lowest BCUT2D eigenvalue weighted by atomic mass is 10.0. The number of amidine groups is 1. The molecule has 0 saturated heterocycles. The van der Waals surface area contributed by atoms with E-state index >= 15 is 0 Å². The summed E-state index contributed by atoms with van der Waals surface area (Å²) < 4.78 is 46.1. The zero-order chi connectivity index (χ0) is 20.7. The average Bonchev–Trinajstić information content (AvgIpc) is 3.16. The number of carbonyl (C=O) groups is 2. The van der Waals surface area contributed by atoms with Crippen LogP contribution in [0.3, 0.4) is 0 Å². The Morgan fingerprint density at radius 1 is 1.39 bits per heavy atom. The first-order chi connectivity index (χ1) is 13.0. The van der Waals surface area contributed by atoms with Gasteiger partial charge in [-0.3, -0.25) is 4.79 Å². The zero-order valence-corrected chi connectivity index (χ0v) is 16.4. The fourth-order valence-corrected chi connectivity index (χ4v) is 3.58. The van der Waals surface area contributed by atoms with Gasteiger partial charge in [0.15, 0.2) is 5.17 Å². The first kappa shape index (κ1) is 20.6. The summed E-state index contributed by atoms with van der Waals surface area (Å²) in [4.78, 5) is 26.5. The van der Waals surface area contributed by atoms with E-state index in [4.69, 9.17) is 0 Å². The lowest BCUT2D eigenvalue weighted by Crippen LogP contribution is -2.56. The number of hydrogen-bond donors (Lipinski definition) is 1. The number of halogens is 4. The highest BCUT2D eigenvalue weighted by molar-refractivity contribution is 9.10. The molecule has 1 aromatic rings. The van der Waals surface area contributed by atoms with E-state index in [2.05, 4.69) is 30.8 Å². The second-order valence-corrected chi connectivity index (χ2v) is 7.61. The normalized spacial score (nSPS) is 23.9. The number of nitrogens with zero attached hydrogens (tertiary/aromatic N) is 3. The van der Waals surface area contributed by atoms with Crippen molar-refractivity contribution in [2.45, 2.75) is 18.3 Å². The van der Waals surface area contributed by atoms with Crippen molar-refractivity contribution in [3.05, 3.63) is 45.3 Å². The molecule has 0 aliphatic carbocycles. The molecule has 12 heteroatoms. The molecule has 0 radical (unpaired) electrons. The number of alkyl halides is 3. The van der Waals surface area contributed by atoms with E-state index in [0.29, 0.717) is 17.3 Å². The van der Waals surface area contributed by atoms with Crippen molar-refractivity contribution in [1.29, 1.82) is 0 Å². The third-order valence-electron chi connectivity index (χ3n) is 3.86. The van der Waals surface area contributed by atoms with Crippen LogP contribution in [0.5, 0.6) is 0 Å². The first-order valence-electron chi connectivity index (χ1n) is 7.58. The summed E-state index contributed by atoms with van der Waals surface area (Å²) in [7, 11) is 1.09. The van der Waals surface area contributed by atoms with E-state index in [-0.39, 0.29) is 15.6 Å². The summed E-state index contributed by atoms with van der Waals surface area (Å²) in [5, 5.41) is 14.0. The van der Waals surface area contributed by atoms with Crippen LogP contribution in [0.25, 0.3) is 0 Å². The minimum atomic E-state index is -5.09. The molecule has 2 aliphatic heterocycles. The van der Waals surface area contributed by atoms with Gasteiger partial charge in [-0.15, -0.1) is 0 Å². The number of amides is 1. The molecule has 1 unspecified atom stereocenters. The van der Waals surface area contributed by atoms with E-state index in [1.807, 2.05) is 0 Å². The molecule has 0 spiro atoms. The minimum absolute atomic E-state index is 0.0338. The van der Waals surface area contributed by atoms with Crippen LogP contribution in [0.15, 0.2) is 49.8 Å². The molecule has 0 bridgehead atoms. The van der Waals surface area contributed by atoms with Crippen molar-refractivity contribution in [2.24, 2.45) is 10.1 Å². The Bertz CT molecular complexity index is 930. The highest BCUT2D eigenvalue weighted by atomic mass is 79.9. The summed E-state index contributed by atoms with van der Waals surface area (Å²) >= 11 is 3.72. The highest BCUT2D eigenvalue weighted by Crippen LogP contribution is 2.44. The summed E-state index contributed by atoms with van der Waals surface area (Å²) in [6.45, 7) is 0. The van der Waals surface area contributed by atoms with Gasteiger partial charge in [0.05, 0.1) is 24.1 Å². The molecular weight excluding hydrogens is 467 g/mol. The average molecular weight is 478 g/mol. The van der Waals surface area contributed by atoms with E-state index in [0.717, 1.165) is 17.7 Å². The maximum absolute atomic E-state index is 13.7. The second-order valence-electron chi connectivity index (χ2n) is 5.69. The van der Waals surface area contributed by atoms with E-state index in [1.165, 1.54) is 0 Å². The molecule has 148 valence electrons. The molecule has 2 aliphatic rings. The second kappa shape index (κ2) is 7.33. The molecule has 1 aromatic carbocycles. The predicted molar refractivity (Wildman–Crippen MR) is 98.3 cm³/mol. The number of esters is 1. The SMILES string of the molecule is COC(=O)C=C1SC(N2N=C(c3ccc(Br)cc3)CC2(O)C(F)(F)F)=NC1=O. The number of rotatable bonds is 2. The largest absolute Gasteiger partial charge is 0.466 e. The number of methoxy groups -OCH3 is 1. The fourth-order valence-electron chi connectivity index (χ4n) is 2.43. The Morgan fingerprint density at radius 3 is 2.61 bits per heavy atom. The number of ether oxygens (including phenoxy) is 1. The Morgan fingerprint density at radius 2 is 2.04 bits per heavy atom. The first-order valence-corrected chi connectivity index (χ1v) is 9.19. The topological polar surface area (TPSA) is 91.6 Å². The predicted octanol–water partition coefficient (Wildman–Crippen LogP) is 2.80. The Balaban J connectivity index is 1.99. The quantitative estimate of drug-likeness (QED) is 0.520. The number of benzene rings is 1. The maximum atomic E-state index is 13.7. The number of carbonyl (C=O) groups excluding carboxylic acids is 2. The standard InChI is InChI=1S/C16H11BrF3N3O4S/c1-27-12(24)6-11-13(25)21-14(28-11)23-15(26,16(18,19)20)7-10(22-23)8-2-4-9(17)5-3-8/h2-6,26H,7H2,1H3. The molecular formula is C16H11BrF3N3O4S. The molecule has 0 aromatic heterocycles. The van der Waals surface area contributed by atoms with Gasteiger partial charge in [0.2, 0.25) is 0 Å². The number of aliphatic hydroxyl groups is 1. The lowest BCUT2D eigenvalue weighted by molar-refractivity contribution is -0.294. The van der Waals surface area contributed by atoms with Gasteiger partial charge in [0.1, 0.15) is 0 Å². The fraction of sp³-hybridized carbons (Fsp3) is 0.250. The van der Waals surface area contributed by atoms with Crippen LogP contribution in [0.2, 0.25) is 0 Å². The Hall–Kier alpha value is -2.18. The molecule has 1 atom stereocenters. The highest BCUT2D eigenvalue weighted by Gasteiger charge is 2.63. The van der Waals surface area contributed by atoms with Crippen molar-refractivity contribution >= 4 is 50.4 Å². The third-order valence-corrected chi connectivity index (χ3v) is 5.34. The van der Waals surface area contributed by atoms with Gasteiger partial charge >= 0.3 is 12.1 Å². The van der Waals surface area contributed by atoms with Gasteiger partial charge in [0.25, 0.3) is 11.6 Å². The van der Waals surface area contributed by atoms with Crippen LogP contribution in [0.1, 0.15) is 12.0 Å². The third kappa shape index (κ3) is 3.71. The van der Waals surface area contributed by atoms with E-state index in [9.17, 15) is 27.9 Å². The van der Waals surface area contributed by atoms with Crippen molar-refractivity contribution in [3.63, 3.8) is 0 Å². The van der Waals surface area contributed by atoms with Crippen LogP contribution in [0, 0.1) is 0 Å². The van der Waals surface area contributed by atoms with Crippen molar-refractivity contribution in [2.75, 3.05) is 7.11 Å². The van der Waals surface area contributed by atoms with Crippen molar-refractivity contribution in [3.8, 4) is 0 Å². The molecule has 1 N–H and O–H groups in total. The number of hydrogen-bond acceptors (Lipinski definition) is 7. The van der Waals surface area contributed by atoms with Gasteiger partial charge in [-0.25, -0.2) is 4.79 Å². The zero-order valence-electron chi connectivity index (χ0n) is 14.0. The Kier molecular flexibility index (Phi) is 5.38. The van der Waals surface area contributed by atoms with Crippen LogP contribution in [-0.2, 0) is 14.3 Å². The molecule has 28 heavy (non-hydrogen) atoms. The molecule has 2 heterocycles. The monoisotopic (exact) mass is 477 g/mol. The van der Waals surface area contributed by atoms with Crippen LogP contribution >= 0.6 is 27.7 Å². The van der Waals surface area contributed by atoms with E-state index in [1.54, 1.807) is 24.3 Å². The van der Waals surface area contributed by atoms with Crippen LogP contribution in [0.4, 0.5) is 13.2 Å². The number of aliphatic imine (C=N–C) groups is 1. The van der Waals surface area contributed by atoms with Gasteiger partial charge in [-0.1, -0.05) is 28.1 Å². The van der Waals surface area contributed by atoms with Gasteiger partial charge in [-0.05, 0) is 29.5 Å². The summed E-state index contributed by atoms with van der Waals surface area (Å²) in [5.41, 5.74) is -3.05. The van der Waals surface area contributed by atoms with Gasteiger partial charge in [0, 0.05) is 10.5 Å². The smallest absolute Gasteiger partial charge is 0.438 e. The van der Waals surface area contributed by atoms with Gasteiger partial charge < -0.3 is 9.84 Å².